The first-order valence-corrected chi connectivity index (χ1v) is 7.57. The van der Waals surface area contributed by atoms with E-state index < -0.39 is 0 Å². The summed E-state index contributed by atoms with van der Waals surface area (Å²) < 4.78 is 0. The van der Waals surface area contributed by atoms with Crippen LogP contribution in [0.25, 0.3) is 0 Å². The number of allylic oxidation sites excluding steroid dienone is 4. The van der Waals surface area contributed by atoms with Gasteiger partial charge in [0.05, 0.1) is 9.52 Å². The molecule has 1 aliphatic rings. The Morgan fingerprint density at radius 3 is 2.11 bits per heavy atom. The molecule has 0 aromatic heterocycles. The maximum Gasteiger partial charge on any atom is 0.0979 e. The summed E-state index contributed by atoms with van der Waals surface area (Å²) in [6.45, 7) is 13.6. The third-order valence-electron chi connectivity index (χ3n) is 4.46. The lowest BCUT2D eigenvalue weighted by atomic mass is 9.98. The van der Waals surface area contributed by atoms with Gasteiger partial charge in [-0.2, -0.15) is 0 Å². The van der Waals surface area contributed by atoms with Crippen LogP contribution in [-0.2, 0) is 0 Å². The zero-order valence-corrected chi connectivity index (χ0v) is 13.3. The molecule has 0 fully saturated rings. The maximum atomic E-state index is 2.39. The Balaban J connectivity index is 2.34. The fourth-order valence-corrected chi connectivity index (χ4v) is 4.25. The highest BCUT2D eigenvalue weighted by Crippen LogP contribution is 2.47. The van der Waals surface area contributed by atoms with E-state index in [1.54, 1.807) is 0 Å². The molecule has 1 aromatic rings. The summed E-state index contributed by atoms with van der Waals surface area (Å²) in [5.41, 5.74) is 7.29. The van der Waals surface area contributed by atoms with Crippen LogP contribution in [0.5, 0.6) is 0 Å². The van der Waals surface area contributed by atoms with Gasteiger partial charge < -0.3 is 0 Å². The van der Waals surface area contributed by atoms with Crippen LogP contribution in [0, 0.1) is 13.8 Å². The zero-order chi connectivity index (χ0) is 13.5. The molecule has 1 unspecified atom stereocenters. The van der Waals surface area contributed by atoms with Crippen molar-refractivity contribution in [3.8, 4) is 0 Å². The number of hydrogen-bond acceptors (Lipinski definition) is 0. The van der Waals surface area contributed by atoms with Crippen LogP contribution in [0.15, 0.2) is 41.0 Å². The number of aryl methyl sites for hydroxylation is 2. The van der Waals surface area contributed by atoms with Crippen LogP contribution in [0.4, 0.5) is 0 Å². The quantitative estimate of drug-likeness (QED) is 0.697. The van der Waals surface area contributed by atoms with E-state index in [4.69, 9.17) is 0 Å². The Bertz CT molecular complexity index is 549. The molecule has 0 spiro atoms. The molecule has 0 aliphatic heterocycles. The molecule has 1 aromatic carbocycles. The van der Waals surface area contributed by atoms with Gasteiger partial charge >= 0.3 is 0 Å². The summed E-state index contributed by atoms with van der Waals surface area (Å²) in [6.07, 6.45) is 2.35. The van der Waals surface area contributed by atoms with Crippen molar-refractivity contribution in [3.05, 3.63) is 52.1 Å². The first-order valence-electron chi connectivity index (χ1n) is 6.57. The van der Waals surface area contributed by atoms with Crippen LogP contribution >= 0.6 is 0 Å². The van der Waals surface area contributed by atoms with Crippen molar-refractivity contribution in [1.29, 1.82) is 0 Å². The first kappa shape index (κ1) is 13.4. The second kappa shape index (κ2) is 4.54. The van der Waals surface area contributed by atoms with Gasteiger partial charge in [-0.25, -0.2) is 0 Å². The van der Waals surface area contributed by atoms with Gasteiger partial charge in [0.15, 0.2) is 0 Å². The Morgan fingerprint density at radius 2 is 1.61 bits per heavy atom. The summed E-state index contributed by atoms with van der Waals surface area (Å²) >= 11 is 0. The van der Waals surface area contributed by atoms with Gasteiger partial charge in [-0.05, 0) is 45.7 Å². The van der Waals surface area contributed by atoms with Crippen molar-refractivity contribution in [2.24, 2.45) is 0 Å². The monoisotopic (exact) mass is 254 g/mol. The van der Waals surface area contributed by atoms with Gasteiger partial charge in [0.2, 0.25) is 0 Å². The maximum absolute atomic E-state index is 2.39. The molecule has 2 rings (SSSR count). The highest BCUT2D eigenvalue weighted by molar-refractivity contribution is 6.58. The lowest BCUT2D eigenvalue weighted by Crippen LogP contribution is -2.29. The molecule has 0 bridgehead atoms. The highest BCUT2D eigenvalue weighted by Gasteiger charge is 2.34. The van der Waals surface area contributed by atoms with Crippen LogP contribution < -0.4 is 5.19 Å². The van der Waals surface area contributed by atoms with Gasteiger partial charge in [0, 0.05) is 5.04 Å². The Kier molecular flexibility index (Phi) is 3.37. The average Bonchev–Trinajstić information content (AvgIpc) is 2.49. The normalized spacial score (nSPS) is 23.6. The van der Waals surface area contributed by atoms with Gasteiger partial charge in [-0.15, -0.1) is 0 Å². The van der Waals surface area contributed by atoms with E-state index in [0.29, 0.717) is 0 Å². The van der Waals surface area contributed by atoms with Gasteiger partial charge in [0.1, 0.15) is 0 Å². The van der Waals surface area contributed by atoms with Crippen molar-refractivity contribution in [2.45, 2.75) is 46.6 Å². The van der Waals surface area contributed by atoms with E-state index in [2.05, 4.69) is 65.8 Å². The molecule has 18 heavy (non-hydrogen) atoms. The van der Waals surface area contributed by atoms with E-state index in [1.807, 2.05) is 0 Å². The Hall–Kier alpha value is -1.08. The van der Waals surface area contributed by atoms with Gasteiger partial charge in [-0.3, -0.25) is 0 Å². The van der Waals surface area contributed by atoms with Crippen LogP contribution in [0.2, 0.25) is 5.04 Å². The largest absolute Gasteiger partial charge is 0.0979 e. The Morgan fingerprint density at radius 1 is 0.944 bits per heavy atom. The molecule has 1 aliphatic carbocycles. The molecular formula is C17H22Si. The molecule has 0 saturated carbocycles. The van der Waals surface area contributed by atoms with Crippen molar-refractivity contribution in [1.82, 2.24) is 0 Å². The summed E-state index contributed by atoms with van der Waals surface area (Å²) in [4.78, 5) is 0. The Labute approximate surface area is 114 Å². The summed E-state index contributed by atoms with van der Waals surface area (Å²) in [5, 5.41) is 1.72. The molecule has 1 heteroatoms. The second-order valence-electron chi connectivity index (χ2n) is 5.68. The topological polar surface area (TPSA) is 0 Å². The van der Waals surface area contributed by atoms with Crippen molar-refractivity contribution in [2.75, 3.05) is 0 Å². The molecule has 2 radical (unpaired) electrons. The molecule has 1 atom stereocenters. The zero-order valence-electron chi connectivity index (χ0n) is 12.3. The van der Waals surface area contributed by atoms with E-state index in [1.165, 1.54) is 33.0 Å². The minimum absolute atomic E-state index is 0.242. The first-order chi connectivity index (χ1) is 8.34. The highest BCUT2D eigenvalue weighted by atomic mass is 28.2. The van der Waals surface area contributed by atoms with Crippen LogP contribution in [-0.4, -0.2) is 9.52 Å². The lowest BCUT2D eigenvalue weighted by Gasteiger charge is -2.28. The number of benzene rings is 1. The predicted octanol–water partition coefficient (Wildman–Crippen LogP) is 4.11. The fraction of sp³-hybridized carbons (Fsp3) is 0.412. The van der Waals surface area contributed by atoms with Gasteiger partial charge in [0.25, 0.3) is 0 Å². The molecule has 0 amide bonds. The van der Waals surface area contributed by atoms with Crippen molar-refractivity contribution in [3.63, 3.8) is 0 Å². The second-order valence-corrected chi connectivity index (χ2v) is 7.51. The van der Waals surface area contributed by atoms with Gasteiger partial charge in [-0.1, -0.05) is 53.1 Å². The lowest BCUT2D eigenvalue weighted by molar-refractivity contribution is 0.836. The molecule has 0 nitrogen and oxygen atoms in total. The molecule has 0 saturated heterocycles. The fourth-order valence-electron chi connectivity index (χ4n) is 2.57. The van der Waals surface area contributed by atoms with E-state index in [-0.39, 0.29) is 5.04 Å². The summed E-state index contributed by atoms with van der Waals surface area (Å²) in [7, 11) is 0.824. The SMILES string of the molecule is CC1=CC(C)=C(C)C1(C)[Si]c1ccc(C)c(C)c1. The van der Waals surface area contributed by atoms with Crippen LogP contribution in [0.1, 0.15) is 38.8 Å². The molecule has 94 valence electrons. The van der Waals surface area contributed by atoms with E-state index >= 15 is 0 Å². The standard InChI is InChI=1S/C17H22Si/c1-11-7-8-16(10-12(11)2)18-17(6)14(4)9-13(3)15(17)5/h7-10H,1-6H3. The van der Waals surface area contributed by atoms with Crippen molar-refractivity contribution >= 4 is 14.7 Å². The van der Waals surface area contributed by atoms with Crippen molar-refractivity contribution < 1.29 is 0 Å². The molecule has 0 N–H and O–H groups in total. The number of hydrogen-bond donors (Lipinski definition) is 0. The minimum Gasteiger partial charge on any atom is -0.0660 e. The smallest absolute Gasteiger partial charge is 0.0660 e. The molecule has 0 heterocycles. The summed E-state index contributed by atoms with van der Waals surface area (Å²) in [5.74, 6) is 0. The minimum atomic E-state index is 0.242. The summed E-state index contributed by atoms with van der Waals surface area (Å²) in [6, 6.07) is 6.90. The van der Waals surface area contributed by atoms with E-state index in [0.717, 1.165) is 9.52 Å². The third-order valence-corrected chi connectivity index (χ3v) is 6.33. The third kappa shape index (κ3) is 2.12. The van der Waals surface area contributed by atoms with Crippen LogP contribution in [0.3, 0.4) is 0 Å². The molecular weight excluding hydrogens is 232 g/mol. The predicted molar refractivity (Wildman–Crippen MR) is 81.8 cm³/mol. The van der Waals surface area contributed by atoms with E-state index in [9.17, 15) is 0 Å². The number of rotatable bonds is 2. The average molecular weight is 254 g/mol.